The molecule has 120 valence electrons. The van der Waals surface area contributed by atoms with Gasteiger partial charge in [0.05, 0.1) is 5.39 Å². The van der Waals surface area contributed by atoms with E-state index in [1.165, 1.54) is 0 Å². The normalized spacial score (nSPS) is 11.2. The van der Waals surface area contributed by atoms with Crippen LogP contribution in [-0.2, 0) is 6.54 Å². The van der Waals surface area contributed by atoms with Gasteiger partial charge < -0.3 is 20.9 Å². The lowest BCUT2D eigenvalue weighted by molar-refractivity contribution is 0.341. The Bertz CT molecular complexity index is 839. The number of nitrogen functional groups attached to an aromatic ring is 1. The van der Waals surface area contributed by atoms with Crippen LogP contribution >= 0.6 is 0 Å². The minimum atomic E-state index is -0.209. The van der Waals surface area contributed by atoms with E-state index < -0.39 is 0 Å². The highest BCUT2D eigenvalue weighted by Crippen LogP contribution is 2.14. The summed E-state index contributed by atoms with van der Waals surface area (Å²) < 4.78 is 0. The number of aromatic amines is 2. The second-order valence-corrected chi connectivity index (χ2v) is 5.52. The highest BCUT2D eigenvalue weighted by Gasteiger charge is 2.11. The van der Waals surface area contributed by atoms with Crippen molar-refractivity contribution in [2.24, 2.45) is 0 Å². The zero-order valence-electron chi connectivity index (χ0n) is 13.0. The Labute approximate surface area is 133 Å². The highest BCUT2D eigenvalue weighted by molar-refractivity contribution is 5.79. The van der Waals surface area contributed by atoms with Crippen molar-refractivity contribution in [3.63, 3.8) is 0 Å². The summed E-state index contributed by atoms with van der Waals surface area (Å²) in [6.07, 6.45) is 1.81. The third kappa shape index (κ3) is 3.51. The molecule has 0 spiro atoms. The second kappa shape index (κ2) is 6.53. The summed E-state index contributed by atoms with van der Waals surface area (Å²) in [6.45, 7) is 2.33. The SMILES string of the molecule is CN(CCNc1ccccc1)Cc1c[nH]c2nc(N)[nH]c(=O)c12. The molecule has 0 radical (unpaired) electrons. The Morgan fingerprint density at radius 2 is 2.09 bits per heavy atom. The van der Waals surface area contributed by atoms with Gasteiger partial charge in [-0.1, -0.05) is 18.2 Å². The molecule has 0 unspecified atom stereocenters. The van der Waals surface area contributed by atoms with E-state index in [4.69, 9.17) is 5.73 Å². The Hall–Kier alpha value is -2.80. The van der Waals surface area contributed by atoms with Crippen LogP contribution in [0.25, 0.3) is 11.0 Å². The van der Waals surface area contributed by atoms with E-state index in [2.05, 4.69) is 25.2 Å². The fourth-order valence-corrected chi connectivity index (χ4v) is 2.56. The number of aromatic nitrogens is 3. The summed E-state index contributed by atoms with van der Waals surface area (Å²) in [4.78, 5) is 23.8. The molecule has 1 aromatic carbocycles. The lowest BCUT2D eigenvalue weighted by Crippen LogP contribution is -2.25. The maximum absolute atomic E-state index is 12.0. The van der Waals surface area contributed by atoms with Crippen LogP contribution in [0, 0.1) is 0 Å². The first kappa shape index (κ1) is 15.1. The molecule has 0 aliphatic heterocycles. The molecule has 23 heavy (non-hydrogen) atoms. The van der Waals surface area contributed by atoms with Crippen LogP contribution in [0.4, 0.5) is 11.6 Å². The summed E-state index contributed by atoms with van der Waals surface area (Å²) in [5.41, 5.74) is 7.88. The van der Waals surface area contributed by atoms with E-state index >= 15 is 0 Å². The average Bonchev–Trinajstić information content (AvgIpc) is 2.91. The lowest BCUT2D eigenvalue weighted by atomic mass is 10.2. The molecule has 2 aromatic heterocycles. The Morgan fingerprint density at radius 1 is 1.30 bits per heavy atom. The fourth-order valence-electron chi connectivity index (χ4n) is 2.56. The molecule has 0 atom stereocenters. The van der Waals surface area contributed by atoms with Gasteiger partial charge in [0.2, 0.25) is 5.95 Å². The topological polar surface area (TPSA) is 103 Å². The first-order chi connectivity index (χ1) is 11.1. The fraction of sp³-hybridized carbons (Fsp3) is 0.250. The number of rotatable bonds is 6. The van der Waals surface area contributed by atoms with Crippen molar-refractivity contribution in [2.45, 2.75) is 6.54 Å². The van der Waals surface area contributed by atoms with E-state index in [9.17, 15) is 4.79 Å². The number of hydrogen-bond donors (Lipinski definition) is 4. The molecule has 7 nitrogen and oxygen atoms in total. The second-order valence-electron chi connectivity index (χ2n) is 5.52. The molecule has 0 amide bonds. The summed E-state index contributed by atoms with van der Waals surface area (Å²) in [5, 5.41) is 3.94. The molecular formula is C16H20N6O. The number of likely N-dealkylation sites (N-methyl/N-ethyl adjacent to an activating group) is 1. The van der Waals surface area contributed by atoms with Gasteiger partial charge in [-0.2, -0.15) is 4.98 Å². The minimum Gasteiger partial charge on any atom is -0.384 e. The maximum atomic E-state index is 12.0. The van der Waals surface area contributed by atoms with Crippen molar-refractivity contribution in [1.82, 2.24) is 19.9 Å². The molecule has 0 bridgehead atoms. The van der Waals surface area contributed by atoms with Gasteiger partial charge in [-0.3, -0.25) is 9.78 Å². The quantitative estimate of drug-likeness (QED) is 0.550. The van der Waals surface area contributed by atoms with Gasteiger partial charge in [0.25, 0.3) is 5.56 Å². The van der Waals surface area contributed by atoms with E-state index in [0.29, 0.717) is 17.6 Å². The maximum Gasteiger partial charge on any atom is 0.262 e. The van der Waals surface area contributed by atoms with Crippen molar-refractivity contribution < 1.29 is 0 Å². The molecule has 0 fully saturated rings. The lowest BCUT2D eigenvalue weighted by Gasteiger charge is -2.16. The van der Waals surface area contributed by atoms with Gasteiger partial charge in [-0.15, -0.1) is 0 Å². The largest absolute Gasteiger partial charge is 0.384 e. The standard InChI is InChI=1S/C16H20N6O/c1-22(8-7-18-12-5-3-2-4-6-12)10-11-9-19-14-13(11)15(23)21-16(17)20-14/h2-6,9,18H,7-8,10H2,1H3,(H4,17,19,20,21,23). The van der Waals surface area contributed by atoms with Crippen LogP contribution in [0.15, 0.2) is 41.3 Å². The third-order valence-corrected chi connectivity index (χ3v) is 3.68. The molecular weight excluding hydrogens is 292 g/mol. The monoisotopic (exact) mass is 312 g/mol. The van der Waals surface area contributed by atoms with Crippen molar-refractivity contribution in [3.05, 3.63) is 52.4 Å². The first-order valence-electron chi connectivity index (χ1n) is 7.46. The number of para-hydroxylation sites is 1. The van der Waals surface area contributed by atoms with Crippen LogP contribution in [0.5, 0.6) is 0 Å². The van der Waals surface area contributed by atoms with Crippen molar-refractivity contribution in [2.75, 3.05) is 31.2 Å². The number of benzene rings is 1. The van der Waals surface area contributed by atoms with Crippen LogP contribution in [-0.4, -0.2) is 40.0 Å². The summed E-state index contributed by atoms with van der Waals surface area (Å²) in [5.74, 6) is 0.122. The number of nitrogens with one attached hydrogen (secondary N) is 3. The van der Waals surface area contributed by atoms with E-state index in [1.54, 1.807) is 0 Å². The third-order valence-electron chi connectivity index (χ3n) is 3.68. The average molecular weight is 312 g/mol. The number of anilines is 2. The number of nitrogens with two attached hydrogens (primary N) is 1. The Balaban J connectivity index is 1.62. The smallest absolute Gasteiger partial charge is 0.262 e. The van der Waals surface area contributed by atoms with Gasteiger partial charge in [0.1, 0.15) is 5.65 Å². The predicted molar refractivity (Wildman–Crippen MR) is 92.4 cm³/mol. The van der Waals surface area contributed by atoms with Gasteiger partial charge in [-0.25, -0.2) is 0 Å². The number of hydrogen-bond acceptors (Lipinski definition) is 5. The zero-order chi connectivity index (χ0) is 16.2. The van der Waals surface area contributed by atoms with Crippen molar-refractivity contribution in [1.29, 1.82) is 0 Å². The van der Waals surface area contributed by atoms with E-state index in [1.807, 2.05) is 43.6 Å². The van der Waals surface area contributed by atoms with Crippen LogP contribution < -0.4 is 16.6 Å². The summed E-state index contributed by atoms with van der Waals surface area (Å²) in [6, 6.07) is 10.1. The number of fused-ring (bicyclic) bond motifs is 1. The molecule has 0 aliphatic rings. The molecule has 5 N–H and O–H groups in total. The van der Waals surface area contributed by atoms with Crippen LogP contribution in [0.1, 0.15) is 5.56 Å². The number of H-pyrrole nitrogens is 2. The first-order valence-corrected chi connectivity index (χ1v) is 7.46. The van der Waals surface area contributed by atoms with Gasteiger partial charge in [0.15, 0.2) is 0 Å². The molecule has 2 heterocycles. The van der Waals surface area contributed by atoms with Gasteiger partial charge in [-0.05, 0) is 24.7 Å². The Kier molecular flexibility index (Phi) is 4.29. The zero-order valence-corrected chi connectivity index (χ0v) is 13.0. The molecule has 0 saturated heterocycles. The molecule has 3 aromatic rings. The van der Waals surface area contributed by atoms with Crippen LogP contribution in [0.2, 0.25) is 0 Å². The number of nitrogens with zero attached hydrogens (tertiary/aromatic N) is 2. The van der Waals surface area contributed by atoms with Crippen molar-refractivity contribution in [3.8, 4) is 0 Å². The van der Waals surface area contributed by atoms with Crippen LogP contribution in [0.3, 0.4) is 0 Å². The molecule has 0 aliphatic carbocycles. The molecule has 0 saturated carbocycles. The summed E-state index contributed by atoms with van der Waals surface area (Å²) in [7, 11) is 2.02. The predicted octanol–water partition coefficient (Wildman–Crippen LogP) is 1.38. The minimum absolute atomic E-state index is 0.122. The van der Waals surface area contributed by atoms with Crippen molar-refractivity contribution >= 4 is 22.7 Å². The van der Waals surface area contributed by atoms with Gasteiger partial charge >= 0.3 is 0 Å². The Morgan fingerprint density at radius 3 is 2.87 bits per heavy atom. The summed E-state index contributed by atoms with van der Waals surface area (Å²) >= 11 is 0. The molecule has 3 rings (SSSR count). The molecule has 7 heteroatoms. The van der Waals surface area contributed by atoms with Gasteiger partial charge in [0, 0.05) is 31.5 Å². The van der Waals surface area contributed by atoms with E-state index in [0.717, 1.165) is 24.3 Å². The van der Waals surface area contributed by atoms with E-state index in [-0.39, 0.29) is 11.5 Å². The highest BCUT2D eigenvalue weighted by atomic mass is 16.1.